The van der Waals surface area contributed by atoms with Crippen molar-refractivity contribution in [3.63, 3.8) is 0 Å². The van der Waals surface area contributed by atoms with E-state index in [0.717, 1.165) is 25.7 Å². The maximum Gasteiger partial charge on any atom is 0.341 e. The van der Waals surface area contributed by atoms with Gasteiger partial charge in [0.05, 0.1) is 6.07 Å². The van der Waals surface area contributed by atoms with E-state index >= 15 is 0 Å². The van der Waals surface area contributed by atoms with Crippen molar-refractivity contribution in [2.24, 2.45) is 5.92 Å². The predicted octanol–water partition coefficient (Wildman–Crippen LogP) is 1.85. The zero-order chi connectivity index (χ0) is 18.9. The van der Waals surface area contributed by atoms with Crippen LogP contribution in [0.5, 0.6) is 0 Å². The first kappa shape index (κ1) is 19.4. The summed E-state index contributed by atoms with van der Waals surface area (Å²) in [6.07, 6.45) is 5.72. The summed E-state index contributed by atoms with van der Waals surface area (Å²) < 4.78 is 0. The summed E-state index contributed by atoms with van der Waals surface area (Å²) in [6.45, 7) is 0. The number of nitrogens with zero attached hydrogens (tertiary/aromatic N) is 1. The SMILES string of the molecule is N#C[C@H](NC(=O)C(CC1CCCCC1)NC(=O)c1ccccc1)C(=O)O. The Hall–Kier alpha value is -2.88. The van der Waals surface area contributed by atoms with Gasteiger partial charge in [-0.15, -0.1) is 0 Å². The molecule has 0 aliphatic heterocycles. The number of carboxylic acids is 1. The van der Waals surface area contributed by atoms with Crippen LogP contribution >= 0.6 is 0 Å². The third-order valence-electron chi connectivity index (χ3n) is 4.61. The van der Waals surface area contributed by atoms with Crippen LogP contribution in [0, 0.1) is 17.2 Å². The van der Waals surface area contributed by atoms with Crippen LogP contribution in [0.25, 0.3) is 0 Å². The van der Waals surface area contributed by atoms with E-state index in [0.29, 0.717) is 17.9 Å². The smallest absolute Gasteiger partial charge is 0.341 e. The minimum atomic E-state index is -1.63. The van der Waals surface area contributed by atoms with Crippen LogP contribution in [0.15, 0.2) is 30.3 Å². The van der Waals surface area contributed by atoms with Crippen molar-refractivity contribution in [3.8, 4) is 6.07 Å². The minimum Gasteiger partial charge on any atom is -0.479 e. The number of hydrogen-bond acceptors (Lipinski definition) is 4. The van der Waals surface area contributed by atoms with E-state index in [1.807, 2.05) is 0 Å². The first-order chi connectivity index (χ1) is 12.5. The van der Waals surface area contributed by atoms with Gasteiger partial charge >= 0.3 is 5.97 Å². The Morgan fingerprint density at radius 1 is 1.12 bits per heavy atom. The summed E-state index contributed by atoms with van der Waals surface area (Å²) >= 11 is 0. The number of aliphatic carboxylic acids is 1. The van der Waals surface area contributed by atoms with Crippen LogP contribution < -0.4 is 10.6 Å². The summed E-state index contributed by atoms with van der Waals surface area (Å²) in [5, 5.41) is 22.7. The van der Waals surface area contributed by atoms with Gasteiger partial charge in [-0.1, -0.05) is 50.3 Å². The number of carbonyl (C=O) groups is 3. The lowest BCUT2D eigenvalue weighted by Gasteiger charge is -2.27. The molecule has 2 amide bonds. The van der Waals surface area contributed by atoms with E-state index < -0.39 is 29.9 Å². The molecule has 138 valence electrons. The lowest BCUT2D eigenvalue weighted by molar-refractivity contribution is -0.140. The molecular formula is C19H23N3O4. The second-order valence-corrected chi connectivity index (χ2v) is 6.54. The molecule has 3 N–H and O–H groups in total. The molecule has 1 aromatic rings. The van der Waals surface area contributed by atoms with E-state index in [-0.39, 0.29) is 0 Å². The number of rotatable bonds is 7. The van der Waals surface area contributed by atoms with Gasteiger partial charge in [-0.2, -0.15) is 5.26 Å². The van der Waals surface area contributed by atoms with E-state index in [9.17, 15) is 14.4 Å². The third-order valence-corrected chi connectivity index (χ3v) is 4.61. The van der Waals surface area contributed by atoms with Gasteiger partial charge in [0, 0.05) is 5.56 Å². The molecule has 1 aliphatic rings. The molecule has 0 bridgehead atoms. The average molecular weight is 357 g/mol. The number of amides is 2. The largest absolute Gasteiger partial charge is 0.479 e. The summed E-state index contributed by atoms with van der Waals surface area (Å²) in [5.41, 5.74) is 0.420. The average Bonchev–Trinajstić information content (AvgIpc) is 2.66. The van der Waals surface area contributed by atoms with E-state index in [4.69, 9.17) is 10.4 Å². The molecule has 0 aromatic heterocycles. The maximum atomic E-state index is 12.5. The van der Waals surface area contributed by atoms with Gasteiger partial charge in [-0.25, -0.2) is 4.79 Å². The number of carbonyl (C=O) groups excluding carboxylic acids is 2. The number of nitriles is 1. The first-order valence-corrected chi connectivity index (χ1v) is 8.80. The summed E-state index contributed by atoms with van der Waals surface area (Å²) in [7, 11) is 0. The molecule has 0 radical (unpaired) electrons. The number of benzene rings is 1. The lowest BCUT2D eigenvalue weighted by atomic mass is 9.84. The highest BCUT2D eigenvalue weighted by Gasteiger charge is 2.29. The van der Waals surface area contributed by atoms with Crippen molar-refractivity contribution in [3.05, 3.63) is 35.9 Å². The van der Waals surface area contributed by atoms with Crippen LogP contribution in [0.4, 0.5) is 0 Å². The van der Waals surface area contributed by atoms with Crippen molar-refractivity contribution in [1.82, 2.24) is 10.6 Å². The topological polar surface area (TPSA) is 119 Å². The highest BCUT2D eigenvalue weighted by Crippen LogP contribution is 2.27. The van der Waals surface area contributed by atoms with Crippen molar-refractivity contribution in [2.75, 3.05) is 0 Å². The fraction of sp³-hybridized carbons (Fsp3) is 0.474. The monoisotopic (exact) mass is 357 g/mol. The lowest BCUT2D eigenvalue weighted by Crippen LogP contribution is -2.52. The standard InChI is InChI=1S/C19H23N3O4/c20-12-16(19(25)26)22-18(24)15(11-13-7-3-1-4-8-13)21-17(23)14-9-5-2-6-10-14/h2,5-6,9-10,13,15-16H,1,3-4,7-8,11H2,(H,21,23)(H,22,24)(H,25,26)/t15?,16-/m0/s1. The molecule has 0 saturated heterocycles. The first-order valence-electron chi connectivity index (χ1n) is 8.80. The molecule has 2 atom stereocenters. The van der Waals surface area contributed by atoms with Crippen molar-refractivity contribution in [2.45, 2.75) is 50.6 Å². The molecule has 0 heterocycles. The Labute approximate surface area is 152 Å². The normalized spacial score (nSPS) is 16.7. The molecule has 1 unspecified atom stereocenters. The fourth-order valence-corrected chi connectivity index (χ4v) is 3.21. The maximum absolute atomic E-state index is 12.5. The molecule has 7 heteroatoms. The van der Waals surface area contributed by atoms with Gasteiger partial charge < -0.3 is 15.7 Å². The second kappa shape index (κ2) is 9.56. The second-order valence-electron chi connectivity index (χ2n) is 6.54. The third kappa shape index (κ3) is 5.59. The quantitative estimate of drug-likeness (QED) is 0.688. The highest BCUT2D eigenvalue weighted by atomic mass is 16.4. The number of carboxylic acid groups (broad SMARTS) is 1. The zero-order valence-corrected chi connectivity index (χ0v) is 14.5. The Balaban J connectivity index is 2.09. The minimum absolute atomic E-state index is 0.293. The van der Waals surface area contributed by atoms with E-state index in [1.165, 1.54) is 12.5 Å². The van der Waals surface area contributed by atoms with Crippen LogP contribution in [0.1, 0.15) is 48.9 Å². The Morgan fingerprint density at radius 3 is 2.35 bits per heavy atom. The predicted molar refractivity (Wildman–Crippen MR) is 94.1 cm³/mol. The van der Waals surface area contributed by atoms with Crippen molar-refractivity contribution < 1.29 is 19.5 Å². The van der Waals surface area contributed by atoms with Crippen molar-refractivity contribution >= 4 is 17.8 Å². The molecule has 7 nitrogen and oxygen atoms in total. The molecule has 1 saturated carbocycles. The van der Waals surface area contributed by atoms with Gasteiger partial charge in [0.1, 0.15) is 6.04 Å². The molecule has 1 aromatic carbocycles. The van der Waals surface area contributed by atoms with Crippen LogP contribution in [0.3, 0.4) is 0 Å². The van der Waals surface area contributed by atoms with Gasteiger partial charge in [-0.05, 0) is 24.5 Å². The van der Waals surface area contributed by atoms with Crippen LogP contribution in [-0.2, 0) is 9.59 Å². The van der Waals surface area contributed by atoms with Crippen LogP contribution in [-0.4, -0.2) is 35.0 Å². The van der Waals surface area contributed by atoms with Gasteiger partial charge in [0.15, 0.2) is 0 Å². The van der Waals surface area contributed by atoms with Gasteiger partial charge in [-0.3, -0.25) is 9.59 Å². The molecule has 26 heavy (non-hydrogen) atoms. The number of nitrogens with one attached hydrogen (secondary N) is 2. The zero-order valence-electron chi connectivity index (χ0n) is 14.5. The Kier molecular flexibility index (Phi) is 7.15. The molecule has 0 spiro atoms. The highest BCUT2D eigenvalue weighted by molar-refractivity contribution is 5.98. The Bertz CT molecular complexity index is 678. The molecule has 2 rings (SSSR count). The van der Waals surface area contributed by atoms with Crippen LogP contribution in [0.2, 0.25) is 0 Å². The van der Waals surface area contributed by atoms with E-state index in [2.05, 4.69) is 10.6 Å². The Morgan fingerprint density at radius 2 is 1.77 bits per heavy atom. The molecule has 1 fully saturated rings. The van der Waals surface area contributed by atoms with Gasteiger partial charge in [0.25, 0.3) is 5.91 Å². The number of hydrogen-bond donors (Lipinski definition) is 3. The van der Waals surface area contributed by atoms with Gasteiger partial charge in [0.2, 0.25) is 11.9 Å². The van der Waals surface area contributed by atoms with E-state index in [1.54, 1.807) is 30.3 Å². The summed E-state index contributed by atoms with van der Waals surface area (Å²) in [5.74, 6) is -2.17. The fourth-order valence-electron chi connectivity index (χ4n) is 3.21. The van der Waals surface area contributed by atoms with Crippen molar-refractivity contribution in [1.29, 1.82) is 5.26 Å². The summed E-state index contributed by atoms with van der Waals surface area (Å²) in [6, 6.07) is 7.53. The summed E-state index contributed by atoms with van der Waals surface area (Å²) in [4.78, 5) is 35.9. The molecule has 1 aliphatic carbocycles. The molecular weight excluding hydrogens is 334 g/mol.